The van der Waals surface area contributed by atoms with Crippen molar-refractivity contribution in [1.29, 1.82) is 0 Å². The maximum absolute atomic E-state index is 13.1. The van der Waals surface area contributed by atoms with Gasteiger partial charge in [-0.05, 0) is 37.5 Å². The molecule has 19 heteroatoms. The molecule has 0 aliphatic heterocycles. The number of esters is 4. The number of phosphoric ester groups is 2. The number of phosphoric acid groups is 2. The molecule has 0 spiro atoms. The summed E-state index contributed by atoms with van der Waals surface area (Å²) in [4.78, 5) is 73.1. The number of unbranched alkanes of at least 4 members (excludes halogenated alkanes) is 52. The largest absolute Gasteiger partial charge is 0.472 e. The number of aliphatic hydroxyl groups is 1. The molecule has 612 valence electrons. The standard InChI is InChI=1S/C84H164O17P2/c1-7-10-12-14-16-18-20-22-23-24-25-26-27-28-29-32-37-41-45-49-57-63-69-83(88)100-79(72-94-81(86)66-60-54-47-43-39-36-33-30-31-35-38-42-46-52-58-64-76(4)5)74-98-102(90,91)96-70-78(85)71-97-103(92,93)99-75-80(73-95-82(87)67-61-55-51-50-53-59-65-77(6)9-3)101-84(89)68-62-56-48-44-40-34-21-19-17-15-13-11-8-2/h76-80,85H,7-75H2,1-6H3,(H,90,91)(H,92,93)/t77?,78-,79-,80-/m1/s1. The monoisotopic (exact) mass is 1510 g/mol. The summed E-state index contributed by atoms with van der Waals surface area (Å²) < 4.78 is 68.8. The van der Waals surface area contributed by atoms with E-state index in [9.17, 15) is 43.2 Å². The average molecular weight is 1510 g/mol. The van der Waals surface area contributed by atoms with E-state index in [0.29, 0.717) is 25.7 Å². The van der Waals surface area contributed by atoms with Gasteiger partial charge < -0.3 is 33.8 Å². The number of aliphatic hydroxyl groups excluding tert-OH is 1. The molecule has 6 atom stereocenters. The zero-order chi connectivity index (χ0) is 75.6. The molecule has 103 heavy (non-hydrogen) atoms. The molecule has 0 aromatic rings. The van der Waals surface area contributed by atoms with Gasteiger partial charge in [0.05, 0.1) is 26.4 Å². The van der Waals surface area contributed by atoms with E-state index in [1.807, 2.05) is 0 Å². The second-order valence-electron chi connectivity index (χ2n) is 30.9. The molecule has 3 unspecified atom stereocenters. The highest BCUT2D eigenvalue weighted by Crippen LogP contribution is 2.45. The van der Waals surface area contributed by atoms with Gasteiger partial charge in [0.25, 0.3) is 0 Å². The van der Waals surface area contributed by atoms with Crippen molar-refractivity contribution in [3.05, 3.63) is 0 Å². The second kappa shape index (κ2) is 75.5. The maximum atomic E-state index is 13.1. The molecule has 0 heterocycles. The molecule has 0 bridgehead atoms. The summed E-state index contributed by atoms with van der Waals surface area (Å²) in [5, 5.41) is 10.7. The summed E-state index contributed by atoms with van der Waals surface area (Å²) in [6.07, 6.45) is 66.8. The number of rotatable bonds is 83. The zero-order valence-corrected chi connectivity index (χ0v) is 69.4. The highest BCUT2D eigenvalue weighted by Gasteiger charge is 2.30. The van der Waals surface area contributed by atoms with Gasteiger partial charge in [0.15, 0.2) is 12.2 Å². The molecule has 0 aromatic carbocycles. The summed E-state index contributed by atoms with van der Waals surface area (Å²) in [7, 11) is -9.92. The quantitative estimate of drug-likeness (QED) is 0.0222. The van der Waals surface area contributed by atoms with Crippen LogP contribution >= 0.6 is 15.6 Å². The van der Waals surface area contributed by atoms with Gasteiger partial charge in [0, 0.05) is 25.7 Å². The first-order valence-corrected chi connectivity index (χ1v) is 46.5. The van der Waals surface area contributed by atoms with E-state index in [1.165, 1.54) is 257 Å². The molecular formula is C84H164O17P2. The van der Waals surface area contributed by atoms with E-state index in [-0.39, 0.29) is 25.7 Å². The van der Waals surface area contributed by atoms with Crippen LogP contribution in [-0.2, 0) is 65.4 Å². The van der Waals surface area contributed by atoms with Crippen LogP contribution in [0.4, 0.5) is 0 Å². The van der Waals surface area contributed by atoms with Crippen molar-refractivity contribution < 1.29 is 80.2 Å². The first-order valence-electron chi connectivity index (χ1n) is 43.5. The summed E-state index contributed by atoms with van der Waals surface area (Å²) in [6, 6.07) is 0. The van der Waals surface area contributed by atoms with Crippen LogP contribution in [0.3, 0.4) is 0 Å². The molecule has 0 fully saturated rings. The summed E-state index contributed by atoms with van der Waals surface area (Å²) in [5.41, 5.74) is 0. The lowest BCUT2D eigenvalue weighted by atomic mass is 10.00. The lowest BCUT2D eigenvalue weighted by molar-refractivity contribution is -0.161. The number of ether oxygens (including phenoxy) is 4. The highest BCUT2D eigenvalue weighted by molar-refractivity contribution is 7.47. The van der Waals surface area contributed by atoms with Gasteiger partial charge in [-0.25, -0.2) is 9.13 Å². The average Bonchev–Trinajstić information content (AvgIpc) is 0.977. The lowest BCUT2D eigenvalue weighted by Crippen LogP contribution is -2.30. The van der Waals surface area contributed by atoms with Gasteiger partial charge in [-0.2, -0.15) is 0 Å². The van der Waals surface area contributed by atoms with E-state index < -0.39 is 97.5 Å². The van der Waals surface area contributed by atoms with Crippen molar-refractivity contribution in [1.82, 2.24) is 0 Å². The van der Waals surface area contributed by atoms with Crippen LogP contribution in [0.2, 0.25) is 0 Å². The molecule has 0 aliphatic carbocycles. The molecule has 0 amide bonds. The third-order valence-corrected chi connectivity index (χ3v) is 22.0. The molecule has 3 N–H and O–H groups in total. The van der Waals surface area contributed by atoms with Gasteiger partial charge in [-0.15, -0.1) is 0 Å². The van der Waals surface area contributed by atoms with Crippen LogP contribution in [0.25, 0.3) is 0 Å². The Morgan fingerprint density at radius 1 is 0.282 bits per heavy atom. The first kappa shape index (κ1) is 101. The lowest BCUT2D eigenvalue weighted by Gasteiger charge is -2.21. The molecule has 17 nitrogen and oxygen atoms in total. The van der Waals surface area contributed by atoms with E-state index in [4.69, 9.17) is 37.0 Å². The SMILES string of the molecule is CCCCCCCCCCCCCCCCCCCCCCCCC(=O)O[C@H](COC(=O)CCCCCCCCCCCCCCCCCC(C)C)COP(=O)(O)OC[C@@H](O)COP(=O)(O)OC[C@@H](COC(=O)CCCCCCCCC(C)CC)OC(=O)CCCCCCCCCCCCCCC. The van der Waals surface area contributed by atoms with E-state index in [2.05, 4.69) is 41.5 Å². The smallest absolute Gasteiger partial charge is 0.462 e. The van der Waals surface area contributed by atoms with Gasteiger partial charge in [-0.3, -0.25) is 37.3 Å². The van der Waals surface area contributed by atoms with Crippen LogP contribution in [0.5, 0.6) is 0 Å². The molecule has 0 saturated heterocycles. The predicted molar refractivity (Wildman–Crippen MR) is 423 cm³/mol. The van der Waals surface area contributed by atoms with Crippen LogP contribution in [0.15, 0.2) is 0 Å². The third kappa shape index (κ3) is 76.6. The van der Waals surface area contributed by atoms with Crippen molar-refractivity contribution in [2.24, 2.45) is 11.8 Å². The predicted octanol–water partition coefficient (Wildman–Crippen LogP) is 25.5. The van der Waals surface area contributed by atoms with Gasteiger partial charge in [0.1, 0.15) is 19.3 Å². The molecule has 0 aliphatic rings. The summed E-state index contributed by atoms with van der Waals surface area (Å²) in [6.45, 7) is 9.64. The van der Waals surface area contributed by atoms with Crippen molar-refractivity contribution in [3.8, 4) is 0 Å². The Morgan fingerprint density at radius 2 is 0.495 bits per heavy atom. The minimum Gasteiger partial charge on any atom is -0.462 e. The molecule has 0 saturated carbocycles. The Morgan fingerprint density at radius 3 is 0.738 bits per heavy atom. The number of hydrogen-bond acceptors (Lipinski definition) is 15. The molecule has 0 aromatic heterocycles. The molecular weight excluding hydrogens is 1340 g/mol. The Bertz CT molecular complexity index is 1980. The van der Waals surface area contributed by atoms with Crippen LogP contribution in [0, 0.1) is 11.8 Å². The summed E-state index contributed by atoms with van der Waals surface area (Å²) >= 11 is 0. The van der Waals surface area contributed by atoms with Gasteiger partial charge >= 0.3 is 39.5 Å². The van der Waals surface area contributed by atoms with Crippen molar-refractivity contribution in [3.63, 3.8) is 0 Å². The van der Waals surface area contributed by atoms with Gasteiger partial charge in [-0.1, -0.05) is 395 Å². The number of hydrogen-bond donors (Lipinski definition) is 3. The summed E-state index contributed by atoms with van der Waals surface area (Å²) in [5.74, 6) is -0.569. The number of carbonyl (C=O) groups is 4. The van der Waals surface area contributed by atoms with E-state index in [1.54, 1.807) is 0 Å². The minimum atomic E-state index is -4.96. The zero-order valence-electron chi connectivity index (χ0n) is 67.6. The second-order valence-corrected chi connectivity index (χ2v) is 33.8. The minimum absolute atomic E-state index is 0.107. The fourth-order valence-electron chi connectivity index (χ4n) is 13.0. The number of carbonyl (C=O) groups excluding carboxylic acids is 4. The van der Waals surface area contributed by atoms with Crippen LogP contribution in [-0.4, -0.2) is 96.7 Å². The third-order valence-electron chi connectivity index (χ3n) is 20.1. The van der Waals surface area contributed by atoms with E-state index in [0.717, 1.165) is 108 Å². The molecule has 0 rings (SSSR count). The van der Waals surface area contributed by atoms with E-state index >= 15 is 0 Å². The molecule has 0 radical (unpaired) electrons. The Hall–Kier alpha value is -1.94. The van der Waals surface area contributed by atoms with Crippen LogP contribution in [0.1, 0.15) is 446 Å². The Balaban J connectivity index is 5.21. The Kier molecular flexibility index (Phi) is 74.1. The fraction of sp³-hybridized carbons (Fsp3) is 0.952. The fourth-order valence-corrected chi connectivity index (χ4v) is 14.6. The van der Waals surface area contributed by atoms with Crippen molar-refractivity contribution >= 4 is 39.5 Å². The normalized spacial score (nSPS) is 14.1. The Labute approximate surface area is 632 Å². The van der Waals surface area contributed by atoms with Gasteiger partial charge in [0.2, 0.25) is 0 Å². The maximum Gasteiger partial charge on any atom is 0.472 e. The topological polar surface area (TPSA) is 237 Å². The van der Waals surface area contributed by atoms with Crippen molar-refractivity contribution in [2.45, 2.75) is 464 Å². The van der Waals surface area contributed by atoms with Crippen molar-refractivity contribution in [2.75, 3.05) is 39.6 Å². The highest BCUT2D eigenvalue weighted by atomic mass is 31.2. The van der Waals surface area contributed by atoms with Crippen LogP contribution < -0.4 is 0 Å². The first-order chi connectivity index (χ1) is 49.9.